The van der Waals surface area contributed by atoms with Crippen LogP contribution < -0.4 is 11.2 Å². The number of nitrogens with one attached hydrogen (secondary N) is 1. The van der Waals surface area contributed by atoms with Gasteiger partial charge in [-0.05, 0) is 32.1 Å². The molecule has 3 fully saturated rings. The van der Waals surface area contributed by atoms with E-state index in [4.69, 9.17) is 0 Å². The molecule has 2 aliphatic heterocycles. The van der Waals surface area contributed by atoms with Crippen LogP contribution in [-0.4, -0.2) is 56.8 Å². The highest BCUT2D eigenvalue weighted by Crippen LogP contribution is 2.42. The van der Waals surface area contributed by atoms with E-state index in [9.17, 15) is 19.2 Å². The molecule has 2 saturated heterocycles. The Kier molecular flexibility index (Phi) is 4.20. The summed E-state index contributed by atoms with van der Waals surface area (Å²) in [5.41, 5.74) is -1.05. The van der Waals surface area contributed by atoms with Gasteiger partial charge in [-0.1, -0.05) is 0 Å². The number of H-pyrrole nitrogens is 1. The summed E-state index contributed by atoms with van der Waals surface area (Å²) < 4.78 is 1.23. The van der Waals surface area contributed by atoms with Gasteiger partial charge in [-0.2, -0.15) is 0 Å². The highest BCUT2D eigenvalue weighted by molar-refractivity contribution is 5.78. The number of nitrogens with zero attached hydrogens (tertiary/aromatic N) is 3. The lowest BCUT2D eigenvalue weighted by Crippen LogP contribution is -2.56. The fourth-order valence-electron chi connectivity index (χ4n) is 4.33. The van der Waals surface area contributed by atoms with Crippen LogP contribution in [0.1, 0.15) is 38.5 Å². The number of amides is 2. The second-order valence-electron chi connectivity index (χ2n) is 7.91. The van der Waals surface area contributed by atoms with Gasteiger partial charge in [0.15, 0.2) is 0 Å². The third-order valence-electron chi connectivity index (χ3n) is 5.90. The molecule has 3 heterocycles. The molecule has 0 radical (unpaired) electrons. The number of aromatic nitrogens is 2. The molecule has 26 heavy (non-hydrogen) atoms. The molecule has 1 saturated carbocycles. The lowest BCUT2D eigenvalue weighted by molar-refractivity contribution is -0.143. The Morgan fingerprint density at radius 2 is 2.00 bits per heavy atom. The number of piperidine rings is 2. The zero-order valence-electron chi connectivity index (χ0n) is 14.8. The molecule has 1 N–H and O–H groups in total. The zero-order chi connectivity index (χ0) is 18.3. The fourth-order valence-corrected chi connectivity index (χ4v) is 4.33. The van der Waals surface area contributed by atoms with Gasteiger partial charge in [0.25, 0.3) is 5.56 Å². The minimum absolute atomic E-state index is 0.0135. The van der Waals surface area contributed by atoms with Crippen LogP contribution in [0.5, 0.6) is 0 Å². The second-order valence-corrected chi connectivity index (χ2v) is 7.91. The first-order valence-corrected chi connectivity index (χ1v) is 9.33. The average molecular weight is 360 g/mol. The summed E-state index contributed by atoms with van der Waals surface area (Å²) >= 11 is 0. The Hall–Kier alpha value is -2.38. The number of carbonyl (C=O) groups excluding carboxylic acids is 2. The SMILES string of the molecule is O=C(Cn1ccc(=O)[nH]c1=O)N1CCCC2(CCC(=O)N(C3CC3)C2)C1. The molecule has 8 heteroatoms. The molecule has 1 aromatic rings. The van der Waals surface area contributed by atoms with Crippen molar-refractivity contribution in [3.05, 3.63) is 33.1 Å². The summed E-state index contributed by atoms with van der Waals surface area (Å²) in [6, 6.07) is 1.65. The van der Waals surface area contributed by atoms with E-state index >= 15 is 0 Å². The number of hydrogen-bond donors (Lipinski definition) is 1. The molecule has 0 bridgehead atoms. The molecule has 4 rings (SSSR count). The first-order chi connectivity index (χ1) is 12.5. The second kappa shape index (κ2) is 6.41. The predicted molar refractivity (Wildman–Crippen MR) is 93.5 cm³/mol. The third kappa shape index (κ3) is 3.32. The summed E-state index contributed by atoms with van der Waals surface area (Å²) in [5.74, 6) is 0.134. The Balaban J connectivity index is 1.46. The minimum atomic E-state index is -0.569. The number of hydrogen-bond acceptors (Lipinski definition) is 4. The molecule has 8 nitrogen and oxygen atoms in total. The first kappa shape index (κ1) is 17.1. The van der Waals surface area contributed by atoms with Crippen molar-refractivity contribution in [1.82, 2.24) is 19.4 Å². The number of aromatic amines is 1. The summed E-state index contributed by atoms with van der Waals surface area (Å²) in [6.07, 6.45) is 6.90. The molecular weight excluding hydrogens is 336 g/mol. The fraction of sp³-hybridized carbons (Fsp3) is 0.667. The Labute approximate surface area is 150 Å². The van der Waals surface area contributed by atoms with Gasteiger partial charge in [0.2, 0.25) is 11.8 Å². The summed E-state index contributed by atoms with van der Waals surface area (Å²) in [5, 5.41) is 0. The van der Waals surface area contributed by atoms with E-state index in [2.05, 4.69) is 4.98 Å². The maximum absolute atomic E-state index is 12.7. The maximum Gasteiger partial charge on any atom is 0.328 e. The van der Waals surface area contributed by atoms with Gasteiger partial charge in [0, 0.05) is 49.8 Å². The van der Waals surface area contributed by atoms with Gasteiger partial charge in [-0.3, -0.25) is 23.9 Å². The molecule has 1 unspecified atom stereocenters. The largest absolute Gasteiger partial charge is 0.341 e. The highest BCUT2D eigenvalue weighted by Gasteiger charge is 2.46. The van der Waals surface area contributed by atoms with Gasteiger partial charge < -0.3 is 9.80 Å². The van der Waals surface area contributed by atoms with E-state index < -0.39 is 11.2 Å². The van der Waals surface area contributed by atoms with Crippen LogP contribution >= 0.6 is 0 Å². The van der Waals surface area contributed by atoms with Gasteiger partial charge in [0.05, 0.1) is 0 Å². The molecular formula is C18H24N4O4. The van der Waals surface area contributed by atoms with Gasteiger partial charge in [0.1, 0.15) is 6.54 Å². The zero-order valence-corrected chi connectivity index (χ0v) is 14.8. The highest BCUT2D eigenvalue weighted by atomic mass is 16.2. The summed E-state index contributed by atoms with van der Waals surface area (Å²) in [7, 11) is 0. The van der Waals surface area contributed by atoms with E-state index in [1.165, 1.54) is 16.8 Å². The van der Waals surface area contributed by atoms with Crippen LogP contribution in [0, 0.1) is 5.41 Å². The normalized spacial score (nSPS) is 26.4. The lowest BCUT2D eigenvalue weighted by Gasteiger charge is -2.48. The van der Waals surface area contributed by atoms with E-state index in [-0.39, 0.29) is 23.8 Å². The molecule has 2 amide bonds. The van der Waals surface area contributed by atoms with E-state index in [0.717, 1.165) is 38.6 Å². The molecule has 1 spiro atoms. The van der Waals surface area contributed by atoms with Crippen LogP contribution in [0.2, 0.25) is 0 Å². The van der Waals surface area contributed by atoms with Crippen molar-refractivity contribution in [3.63, 3.8) is 0 Å². The van der Waals surface area contributed by atoms with Crippen LogP contribution in [0.3, 0.4) is 0 Å². The van der Waals surface area contributed by atoms with Gasteiger partial charge >= 0.3 is 5.69 Å². The average Bonchev–Trinajstić information content (AvgIpc) is 3.45. The lowest BCUT2D eigenvalue weighted by atomic mass is 9.73. The molecule has 1 atom stereocenters. The van der Waals surface area contributed by atoms with Gasteiger partial charge in [-0.15, -0.1) is 0 Å². The van der Waals surface area contributed by atoms with E-state index in [0.29, 0.717) is 25.6 Å². The number of likely N-dealkylation sites (tertiary alicyclic amines) is 2. The quantitative estimate of drug-likeness (QED) is 0.816. The first-order valence-electron chi connectivity index (χ1n) is 9.33. The molecule has 3 aliphatic rings. The maximum atomic E-state index is 12.7. The third-order valence-corrected chi connectivity index (χ3v) is 5.90. The van der Waals surface area contributed by atoms with Crippen molar-refractivity contribution in [2.24, 2.45) is 5.41 Å². The van der Waals surface area contributed by atoms with Crippen molar-refractivity contribution in [1.29, 1.82) is 0 Å². The van der Waals surface area contributed by atoms with E-state index in [1.807, 2.05) is 9.80 Å². The van der Waals surface area contributed by atoms with Crippen LogP contribution in [0.15, 0.2) is 21.9 Å². The van der Waals surface area contributed by atoms with Crippen molar-refractivity contribution < 1.29 is 9.59 Å². The molecule has 1 aromatic heterocycles. The minimum Gasteiger partial charge on any atom is -0.341 e. The van der Waals surface area contributed by atoms with Crippen molar-refractivity contribution in [2.75, 3.05) is 19.6 Å². The summed E-state index contributed by atoms with van der Waals surface area (Å²) in [4.78, 5) is 53.9. The topological polar surface area (TPSA) is 95.5 Å². The van der Waals surface area contributed by atoms with Crippen LogP contribution in [0.25, 0.3) is 0 Å². The summed E-state index contributed by atoms with van der Waals surface area (Å²) in [6.45, 7) is 1.99. The smallest absolute Gasteiger partial charge is 0.328 e. The standard InChI is InChI=1S/C18H24N4O4/c23-14-5-9-20(17(26)19-14)10-16(25)21-8-1-6-18(11-21)7-4-15(24)22(12-18)13-2-3-13/h5,9,13H,1-4,6-8,10-12H2,(H,19,23,26). The number of carbonyl (C=O) groups is 2. The van der Waals surface area contributed by atoms with Crippen molar-refractivity contribution in [2.45, 2.75) is 51.1 Å². The monoisotopic (exact) mass is 360 g/mol. The van der Waals surface area contributed by atoms with Crippen molar-refractivity contribution in [3.8, 4) is 0 Å². The Bertz CT molecular complexity index is 840. The van der Waals surface area contributed by atoms with E-state index in [1.54, 1.807) is 0 Å². The van der Waals surface area contributed by atoms with Crippen LogP contribution in [-0.2, 0) is 16.1 Å². The molecule has 1 aliphatic carbocycles. The van der Waals surface area contributed by atoms with Crippen LogP contribution in [0.4, 0.5) is 0 Å². The predicted octanol–water partition coefficient (Wildman–Crippen LogP) is -0.0698. The molecule has 140 valence electrons. The Morgan fingerprint density at radius 3 is 2.73 bits per heavy atom. The molecule has 0 aromatic carbocycles. The van der Waals surface area contributed by atoms with Crippen molar-refractivity contribution >= 4 is 11.8 Å². The Morgan fingerprint density at radius 1 is 1.19 bits per heavy atom. The number of rotatable bonds is 3. The van der Waals surface area contributed by atoms with Gasteiger partial charge in [-0.25, -0.2) is 4.79 Å².